The third-order valence-corrected chi connectivity index (χ3v) is 7.38. The minimum Gasteiger partial charge on any atom is -0.403 e. The summed E-state index contributed by atoms with van der Waals surface area (Å²) in [5.41, 5.74) is 0.820. The van der Waals surface area contributed by atoms with Crippen LogP contribution in [0.25, 0.3) is 10.8 Å². The molecule has 0 radical (unpaired) electrons. The zero-order chi connectivity index (χ0) is 22.2. The van der Waals surface area contributed by atoms with Crippen molar-refractivity contribution in [2.75, 3.05) is 0 Å². The van der Waals surface area contributed by atoms with Crippen LogP contribution in [-0.2, 0) is 0 Å². The van der Waals surface area contributed by atoms with E-state index in [0.717, 1.165) is 42.7 Å². The molecular formula is C25H29F5O. The first-order valence-corrected chi connectivity index (χ1v) is 11.4. The Hall–Kier alpha value is -1.85. The van der Waals surface area contributed by atoms with Gasteiger partial charge in [0.2, 0.25) is 0 Å². The predicted octanol–water partition coefficient (Wildman–Crippen LogP) is 8.51. The van der Waals surface area contributed by atoms with Crippen molar-refractivity contribution < 1.29 is 26.7 Å². The molecule has 2 aliphatic rings. The third kappa shape index (κ3) is 4.98. The zero-order valence-electron chi connectivity index (χ0n) is 17.8. The van der Waals surface area contributed by atoms with E-state index in [-0.39, 0.29) is 11.3 Å². The van der Waals surface area contributed by atoms with Gasteiger partial charge in [0.15, 0.2) is 11.6 Å². The van der Waals surface area contributed by atoms with Crippen molar-refractivity contribution in [1.82, 2.24) is 0 Å². The average molecular weight is 440 g/mol. The number of rotatable bonds is 5. The molecule has 4 rings (SSSR count). The van der Waals surface area contributed by atoms with E-state index in [1.807, 2.05) is 0 Å². The summed E-state index contributed by atoms with van der Waals surface area (Å²) in [4.78, 5) is 0. The fourth-order valence-corrected chi connectivity index (χ4v) is 5.86. The Morgan fingerprint density at radius 3 is 2.45 bits per heavy atom. The summed E-state index contributed by atoms with van der Waals surface area (Å²) >= 11 is 0. The number of unbranched alkanes of at least 4 members (excludes halogenated alkanes) is 1. The number of ether oxygens (including phenoxy) is 1. The molecule has 0 aromatic heterocycles. The molecule has 31 heavy (non-hydrogen) atoms. The van der Waals surface area contributed by atoms with Crippen LogP contribution in [0.1, 0.15) is 76.2 Å². The Bertz CT molecular complexity index is 922. The second kappa shape index (κ2) is 8.95. The maximum atomic E-state index is 14.8. The van der Waals surface area contributed by atoms with Crippen LogP contribution >= 0.6 is 0 Å². The highest BCUT2D eigenvalue weighted by Gasteiger charge is 2.36. The predicted molar refractivity (Wildman–Crippen MR) is 111 cm³/mol. The maximum Gasteiger partial charge on any atom is 0.573 e. The quantitative estimate of drug-likeness (QED) is 0.424. The van der Waals surface area contributed by atoms with E-state index in [1.165, 1.54) is 50.7 Å². The van der Waals surface area contributed by atoms with Crippen molar-refractivity contribution in [3.8, 4) is 5.75 Å². The van der Waals surface area contributed by atoms with Crippen LogP contribution in [0.5, 0.6) is 5.75 Å². The summed E-state index contributed by atoms with van der Waals surface area (Å²) in [6.45, 7) is 2.23. The van der Waals surface area contributed by atoms with E-state index in [4.69, 9.17) is 0 Å². The molecule has 0 spiro atoms. The minimum absolute atomic E-state index is 0.210. The molecule has 4 unspecified atom stereocenters. The number of fused-ring (bicyclic) bond motifs is 2. The topological polar surface area (TPSA) is 9.23 Å². The lowest BCUT2D eigenvalue weighted by atomic mass is 9.63. The fourth-order valence-electron chi connectivity index (χ4n) is 5.86. The minimum atomic E-state index is -5.03. The molecule has 0 N–H and O–H groups in total. The summed E-state index contributed by atoms with van der Waals surface area (Å²) in [5.74, 6) is -0.706. The molecule has 2 saturated carbocycles. The normalized spacial score (nSPS) is 26.6. The van der Waals surface area contributed by atoms with E-state index >= 15 is 0 Å². The molecule has 2 fully saturated rings. The lowest BCUT2D eigenvalue weighted by Gasteiger charge is -2.42. The van der Waals surface area contributed by atoms with Gasteiger partial charge in [-0.2, -0.15) is 0 Å². The Morgan fingerprint density at radius 1 is 0.968 bits per heavy atom. The molecule has 2 aromatic carbocycles. The molecule has 6 heteroatoms. The van der Waals surface area contributed by atoms with E-state index in [9.17, 15) is 22.0 Å². The van der Waals surface area contributed by atoms with Crippen molar-refractivity contribution in [1.29, 1.82) is 0 Å². The smallest absolute Gasteiger partial charge is 0.403 e. The Balaban J connectivity index is 1.51. The first-order valence-electron chi connectivity index (χ1n) is 11.4. The summed E-state index contributed by atoms with van der Waals surface area (Å²) in [6.07, 6.45) is 5.74. The van der Waals surface area contributed by atoms with Crippen molar-refractivity contribution in [2.45, 2.75) is 77.0 Å². The molecule has 0 heterocycles. The highest BCUT2D eigenvalue weighted by atomic mass is 19.4. The van der Waals surface area contributed by atoms with Gasteiger partial charge >= 0.3 is 6.36 Å². The second-order valence-corrected chi connectivity index (χ2v) is 9.38. The number of benzene rings is 2. The van der Waals surface area contributed by atoms with E-state index in [0.29, 0.717) is 5.92 Å². The summed E-state index contributed by atoms with van der Waals surface area (Å²) in [6, 6.07) is 5.26. The van der Waals surface area contributed by atoms with Crippen LogP contribution in [0.4, 0.5) is 22.0 Å². The van der Waals surface area contributed by atoms with Crippen molar-refractivity contribution >= 4 is 10.8 Å². The molecular weight excluding hydrogens is 411 g/mol. The molecule has 0 saturated heterocycles. The Morgan fingerprint density at radius 2 is 1.71 bits per heavy atom. The van der Waals surface area contributed by atoms with E-state index in [1.54, 1.807) is 6.07 Å². The first-order chi connectivity index (χ1) is 14.7. The van der Waals surface area contributed by atoms with Gasteiger partial charge in [-0.3, -0.25) is 0 Å². The number of hydrogen-bond acceptors (Lipinski definition) is 1. The summed E-state index contributed by atoms with van der Waals surface area (Å²) < 4.78 is 70.4. The SMILES string of the molecule is CCCCC1CCC2CC(c3cc(F)c4c(F)c(OC(F)(F)F)ccc4c3)CCC2C1. The molecule has 0 bridgehead atoms. The van der Waals surface area contributed by atoms with Crippen LogP contribution in [0.15, 0.2) is 24.3 Å². The summed E-state index contributed by atoms with van der Waals surface area (Å²) in [5, 5.41) is -0.178. The monoisotopic (exact) mass is 440 g/mol. The largest absolute Gasteiger partial charge is 0.573 e. The van der Waals surface area contributed by atoms with Gasteiger partial charge in [-0.05, 0) is 78.9 Å². The van der Waals surface area contributed by atoms with Crippen molar-refractivity contribution in [3.05, 3.63) is 41.5 Å². The van der Waals surface area contributed by atoms with Crippen LogP contribution in [-0.4, -0.2) is 6.36 Å². The lowest BCUT2D eigenvalue weighted by molar-refractivity contribution is -0.275. The standard InChI is InChI=1S/C25H29F5O/c1-2-3-4-15-5-6-17-12-18(8-7-16(17)11-15)20-13-19-9-10-22(31-25(28,29)30)24(27)23(19)21(26)14-20/h9-10,13-18H,2-8,11-12H2,1H3. The molecule has 1 nitrogen and oxygen atoms in total. The van der Waals surface area contributed by atoms with Gasteiger partial charge in [0, 0.05) is 0 Å². The zero-order valence-corrected chi connectivity index (χ0v) is 17.8. The van der Waals surface area contributed by atoms with Crippen LogP contribution in [0.2, 0.25) is 0 Å². The Kier molecular flexibility index (Phi) is 6.45. The second-order valence-electron chi connectivity index (χ2n) is 9.38. The van der Waals surface area contributed by atoms with Crippen LogP contribution < -0.4 is 4.74 Å². The van der Waals surface area contributed by atoms with Gasteiger partial charge in [0.25, 0.3) is 0 Å². The summed E-state index contributed by atoms with van der Waals surface area (Å²) in [7, 11) is 0. The third-order valence-electron chi connectivity index (χ3n) is 7.38. The number of alkyl halides is 3. The van der Waals surface area contributed by atoms with Crippen molar-refractivity contribution in [2.24, 2.45) is 17.8 Å². The highest BCUT2D eigenvalue weighted by molar-refractivity contribution is 5.86. The van der Waals surface area contributed by atoms with Gasteiger partial charge in [-0.25, -0.2) is 8.78 Å². The Labute approximate surface area is 180 Å². The van der Waals surface area contributed by atoms with Gasteiger partial charge in [0.05, 0.1) is 5.39 Å². The van der Waals surface area contributed by atoms with Gasteiger partial charge in [-0.1, -0.05) is 44.7 Å². The number of halogens is 5. The van der Waals surface area contributed by atoms with Crippen LogP contribution in [0, 0.1) is 29.4 Å². The maximum absolute atomic E-state index is 14.8. The van der Waals surface area contributed by atoms with Crippen LogP contribution in [0.3, 0.4) is 0 Å². The van der Waals surface area contributed by atoms with E-state index < -0.39 is 29.1 Å². The van der Waals surface area contributed by atoms with E-state index in [2.05, 4.69) is 11.7 Å². The molecule has 0 aliphatic heterocycles. The molecule has 0 amide bonds. The van der Waals surface area contributed by atoms with Crippen molar-refractivity contribution in [3.63, 3.8) is 0 Å². The molecule has 2 aliphatic carbocycles. The average Bonchev–Trinajstić information content (AvgIpc) is 2.72. The highest BCUT2D eigenvalue weighted by Crippen LogP contribution is 2.49. The van der Waals surface area contributed by atoms with Gasteiger partial charge in [-0.15, -0.1) is 13.2 Å². The molecule has 170 valence electrons. The van der Waals surface area contributed by atoms with Gasteiger partial charge in [0.1, 0.15) is 5.82 Å². The first kappa shape index (κ1) is 22.3. The lowest BCUT2D eigenvalue weighted by Crippen LogP contribution is -2.30. The van der Waals surface area contributed by atoms with Gasteiger partial charge < -0.3 is 4.74 Å². The fraction of sp³-hybridized carbons (Fsp3) is 0.600. The number of hydrogen-bond donors (Lipinski definition) is 0. The molecule has 2 aromatic rings. The molecule has 4 atom stereocenters.